The van der Waals surface area contributed by atoms with Crippen molar-refractivity contribution in [3.63, 3.8) is 0 Å². The second-order valence-electron chi connectivity index (χ2n) is 6.37. The molecule has 1 atom stereocenters. The van der Waals surface area contributed by atoms with Gasteiger partial charge in [-0.3, -0.25) is 14.4 Å². The van der Waals surface area contributed by atoms with Crippen LogP contribution in [0.3, 0.4) is 0 Å². The van der Waals surface area contributed by atoms with Gasteiger partial charge in [-0.25, -0.2) is 0 Å². The standard InChI is InChI=1S/C18H24N4O4/c1-10(8-9-19-2)20-13-14(17(25)16(13)24)21-12-7-5-6-11(15(12)23)18(26)22(3)4/h5-7,10,19-21,23H,8-9H2,1-4H3. The van der Waals surface area contributed by atoms with Crippen LogP contribution in [0.4, 0.5) is 17.1 Å². The molecule has 0 saturated heterocycles. The summed E-state index contributed by atoms with van der Waals surface area (Å²) in [5, 5.41) is 19.2. The summed E-state index contributed by atoms with van der Waals surface area (Å²) in [6.07, 6.45) is 0.771. The van der Waals surface area contributed by atoms with E-state index in [-0.39, 0.29) is 40.3 Å². The van der Waals surface area contributed by atoms with Crippen molar-refractivity contribution in [1.82, 2.24) is 10.2 Å². The molecular formula is C18H24N4O4. The Labute approximate surface area is 151 Å². The molecule has 8 nitrogen and oxygen atoms in total. The highest BCUT2D eigenvalue weighted by Gasteiger charge is 2.24. The van der Waals surface area contributed by atoms with Gasteiger partial charge in [-0.2, -0.15) is 0 Å². The largest absolute Gasteiger partial charge is 0.505 e. The van der Waals surface area contributed by atoms with E-state index in [4.69, 9.17) is 0 Å². The smallest absolute Gasteiger partial charge is 0.257 e. The summed E-state index contributed by atoms with van der Waals surface area (Å²) in [4.78, 5) is 37.2. The molecule has 0 radical (unpaired) electrons. The fourth-order valence-corrected chi connectivity index (χ4v) is 2.52. The number of hydrogen-bond donors (Lipinski definition) is 4. The number of nitrogens with one attached hydrogen (secondary N) is 3. The van der Waals surface area contributed by atoms with Crippen LogP contribution in [0.2, 0.25) is 0 Å². The van der Waals surface area contributed by atoms with Crippen molar-refractivity contribution in [3.05, 3.63) is 44.2 Å². The molecule has 8 heteroatoms. The Bertz CT molecular complexity index is 869. The molecule has 2 aromatic rings. The molecule has 2 rings (SSSR count). The normalized spacial score (nSPS) is 12.0. The number of anilines is 3. The summed E-state index contributed by atoms with van der Waals surface area (Å²) in [6, 6.07) is 4.60. The number of amides is 1. The van der Waals surface area contributed by atoms with E-state index in [1.807, 2.05) is 14.0 Å². The molecule has 26 heavy (non-hydrogen) atoms. The third-order valence-corrected chi connectivity index (χ3v) is 4.06. The molecule has 0 spiro atoms. The zero-order valence-electron chi connectivity index (χ0n) is 15.3. The molecule has 0 fully saturated rings. The van der Waals surface area contributed by atoms with Crippen LogP contribution in [0.25, 0.3) is 0 Å². The van der Waals surface area contributed by atoms with E-state index in [2.05, 4.69) is 16.0 Å². The summed E-state index contributed by atoms with van der Waals surface area (Å²) in [5.74, 6) is -0.636. The summed E-state index contributed by atoms with van der Waals surface area (Å²) >= 11 is 0. The highest BCUT2D eigenvalue weighted by Crippen LogP contribution is 2.32. The molecule has 1 unspecified atom stereocenters. The van der Waals surface area contributed by atoms with Gasteiger partial charge in [0.25, 0.3) is 16.8 Å². The highest BCUT2D eigenvalue weighted by atomic mass is 16.3. The number of aromatic hydroxyl groups is 1. The topological polar surface area (TPSA) is 111 Å². The second-order valence-corrected chi connectivity index (χ2v) is 6.37. The Kier molecular flexibility index (Phi) is 5.99. The van der Waals surface area contributed by atoms with Gasteiger partial charge in [0.2, 0.25) is 0 Å². The van der Waals surface area contributed by atoms with Crippen LogP contribution in [-0.2, 0) is 0 Å². The molecule has 0 heterocycles. The van der Waals surface area contributed by atoms with E-state index in [1.165, 1.54) is 17.0 Å². The van der Waals surface area contributed by atoms with Crippen LogP contribution in [-0.4, -0.2) is 49.6 Å². The quantitative estimate of drug-likeness (QED) is 0.408. The van der Waals surface area contributed by atoms with Gasteiger partial charge in [0.05, 0.1) is 11.3 Å². The molecule has 0 aliphatic rings. The summed E-state index contributed by atoms with van der Waals surface area (Å²) < 4.78 is 0. The van der Waals surface area contributed by atoms with Gasteiger partial charge in [0.1, 0.15) is 11.4 Å². The number of phenols is 1. The summed E-state index contributed by atoms with van der Waals surface area (Å²) in [7, 11) is 4.99. The Morgan fingerprint density at radius 3 is 2.46 bits per heavy atom. The fourth-order valence-electron chi connectivity index (χ4n) is 2.52. The van der Waals surface area contributed by atoms with E-state index in [9.17, 15) is 19.5 Å². The first kappa shape index (κ1) is 19.5. The minimum absolute atomic E-state index is 0.0125. The third kappa shape index (κ3) is 3.85. The lowest BCUT2D eigenvalue weighted by molar-refractivity contribution is 0.0824. The minimum atomic E-state index is -0.656. The average Bonchev–Trinajstić information content (AvgIpc) is 2.62. The molecule has 0 aliphatic heterocycles. The number of nitrogens with zero attached hydrogens (tertiary/aromatic N) is 1. The number of para-hydroxylation sites is 1. The number of benzene rings is 1. The lowest BCUT2D eigenvalue weighted by atomic mass is 10.1. The molecule has 2 aromatic carbocycles. The maximum atomic E-state index is 12.1. The zero-order chi connectivity index (χ0) is 19.4. The van der Waals surface area contributed by atoms with Crippen LogP contribution >= 0.6 is 0 Å². The molecule has 0 bridgehead atoms. The first-order chi connectivity index (χ1) is 12.3. The molecule has 0 aromatic heterocycles. The monoisotopic (exact) mass is 360 g/mol. The van der Waals surface area contributed by atoms with Gasteiger partial charge < -0.3 is 26.0 Å². The molecule has 0 saturated carbocycles. The van der Waals surface area contributed by atoms with Crippen molar-refractivity contribution in [2.75, 3.05) is 38.3 Å². The van der Waals surface area contributed by atoms with Gasteiger partial charge >= 0.3 is 0 Å². The Balaban J connectivity index is 2.26. The van der Waals surface area contributed by atoms with E-state index < -0.39 is 10.9 Å². The number of phenolic OH excluding ortho intramolecular Hbond substituents is 1. The SMILES string of the molecule is CNCCC(C)Nc1c(Nc2cccc(C(=O)N(C)C)c2O)c(=O)c1=O. The van der Waals surface area contributed by atoms with Gasteiger partial charge in [-0.15, -0.1) is 0 Å². The Morgan fingerprint density at radius 1 is 1.19 bits per heavy atom. The van der Waals surface area contributed by atoms with Crippen LogP contribution in [0.5, 0.6) is 5.75 Å². The van der Waals surface area contributed by atoms with Crippen molar-refractivity contribution >= 4 is 23.0 Å². The van der Waals surface area contributed by atoms with Crippen LogP contribution in [0, 0.1) is 0 Å². The number of carbonyl (C=O) groups is 1. The van der Waals surface area contributed by atoms with Gasteiger partial charge in [-0.1, -0.05) is 6.07 Å². The van der Waals surface area contributed by atoms with Crippen LogP contribution in [0.1, 0.15) is 23.7 Å². The van der Waals surface area contributed by atoms with Gasteiger partial charge in [-0.05, 0) is 39.1 Å². The molecule has 0 aliphatic carbocycles. The van der Waals surface area contributed by atoms with Gasteiger partial charge in [0, 0.05) is 20.1 Å². The first-order valence-electron chi connectivity index (χ1n) is 8.33. The lowest BCUT2D eigenvalue weighted by Crippen LogP contribution is -2.39. The highest BCUT2D eigenvalue weighted by molar-refractivity contribution is 5.99. The van der Waals surface area contributed by atoms with Crippen molar-refractivity contribution in [2.45, 2.75) is 19.4 Å². The lowest BCUT2D eigenvalue weighted by Gasteiger charge is -2.20. The second kappa shape index (κ2) is 8.01. The Hall–Kier alpha value is -2.87. The summed E-state index contributed by atoms with van der Waals surface area (Å²) in [5.41, 5.74) is -0.661. The van der Waals surface area contributed by atoms with Crippen molar-refractivity contribution in [1.29, 1.82) is 0 Å². The van der Waals surface area contributed by atoms with Crippen LogP contribution in [0.15, 0.2) is 27.8 Å². The maximum absolute atomic E-state index is 12.1. The minimum Gasteiger partial charge on any atom is -0.505 e. The predicted molar refractivity (Wildman–Crippen MR) is 102 cm³/mol. The zero-order valence-corrected chi connectivity index (χ0v) is 15.3. The molecule has 1 amide bonds. The van der Waals surface area contributed by atoms with Gasteiger partial charge in [0.15, 0.2) is 5.75 Å². The number of carbonyl (C=O) groups excluding carboxylic acids is 1. The fraction of sp³-hybridized carbons (Fsp3) is 0.389. The predicted octanol–water partition coefficient (Wildman–Crippen LogP) is 0.843. The average molecular weight is 360 g/mol. The summed E-state index contributed by atoms with van der Waals surface area (Å²) in [6.45, 7) is 2.67. The maximum Gasteiger partial charge on any atom is 0.257 e. The van der Waals surface area contributed by atoms with Crippen molar-refractivity contribution < 1.29 is 9.90 Å². The number of hydrogen-bond acceptors (Lipinski definition) is 7. The number of rotatable bonds is 8. The van der Waals surface area contributed by atoms with E-state index >= 15 is 0 Å². The molecule has 4 N–H and O–H groups in total. The van der Waals surface area contributed by atoms with Crippen molar-refractivity contribution in [3.8, 4) is 5.75 Å². The Morgan fingerprint density at radius 2 is 1.85 bits per heavy atom. The third-order valence-electron chi connectivity index (χ3n) is 4.06. The molecule has 140 valence electrons. The van der Waals surface area contributed by atoms with E-state index in [1.54, 1.807) is 20.2 Å². The molecular weight excluding hydrogens is 336 g/mol. The first-order valence-corrected chi connectivity index (χ1v) is 8.33. The van der Waals surface area contributed by atoms with Crippen molar-refractivity contribution in [2.24, 2.45) is 0 Å². The van der Waals surface area contributed by atoms with E-state index in [0.29, 0.717) is 0 Å². The van der Waals surface area contributed by atoms with E-state index in [0.717, 1.165) is 13.0 Å². The van der Waals surface area contributed by atoms with Crippen LogP contribution < -0.4 is 26.8 Å².